The molecule has 0 aliphatic carbocycles. The predicted octanol–water partition coefficient (Wildman–Crippen LogP) is 1.71. The van der Waals surface area contributed by atoms with Crippen molar-refractivity contribution in [2.24, 2.45) is 5.73 Å². The van der Waals surface area contributed by atoms with Crippen LogP contribution in [0.3, 0.4) is 0 Å². The summed E-state index contributed by atoms with van der Waals surface area (Å²) in [6, 6.07) is 6.88. The predicted molar refractivity (Wildman–Crippen MR) is 62.5 cm³/mol. The van der Waals surface area contributed by atoms with E-state index in [-0.39, 0.29) is 39.8 Å². The SMILES string of the molecule is Br.Br.N=C(N)c1ccc(N)cc1. The van der Waals surface area contributed by atoms with Crippen molar-refractivity contribution >= 4 is 45.5 Å². The summed E-state index contributed by atoms with van der Waals surface area (Å²) in [5, 5.41) is 7.04. The molecule has 0 bridgehead atoms. The average Bonchev–Trinajstić information content (AvgIpc) is 1.88. The molecule has 0 atom stereocenters. The van der Waals surface area contributed by atoms with E-state index in [1.54, 1.807) is 24.3 Å². The molecule has 0 aliphatic rings. The monoisotopic (exact) mass is 295 g/mol. The normalized spacial score (nSPS) is 7.67. The largest absolute Gasteiger partial charge is 0.399 e. The summed E-state index contributed by atoms with van der Waals surface area (Å²) >= 11 is 0. The fraction of sp³-hybridized carbons (Fsp3) is 0. The maximum absolute atomic E-state index is 7.04. The molecule has 0 fully saturated rings. The molecule has 5 N–H and O–H groups in total. The van der Waals surface area contributed by atoms with E-state index in [2.05, 4.69) is 0 Å². The number of benzene rings is 1. The molecule has 1 aromatic carbocycles. The zero-order valence-electron chi connectivity index (χ0n) is 6.28. The molecule has 0 unspecified atom stereocenters. The van der Waals surface area contributed by atoms with Crippen LogP contribution in [0.15, 0.2) is 24.3 Å². The van der Waals surface area contributed by atoms with Crippen LogP contribution in [0.1, 0.15) is 5.56 Å². The second-order valence-corrected chi connectivity index (χ2v) is 2.04. The molecular formula is C7H11Br2N3. The lowest BCUT2D eigenvalue weighted by Crippen LogP contribution is -2.10. The number of nitrogens with one attached hydrogen (secondary N) is 1. The Balaban J connectivity index is 0. The highest BCUT2D eigenvalue weighted by Gasteiger charge is 1.92. The van der Waals surface area contributed by atoms with E-state index in [0.717, 1.165) is 0 Å². The minimum Gasteiger partial charge on any atom is -0.399 e. The van der Waals surface area contributed by atoms with Gasteiger partial charge < -0.3 is 11.5 Å². The minimum absolute atomic E-state index is 0. The summed E-state index contributed by atoms with van der Waals surface area (Å²) < 4.78 is 0. The fourth-order valence-electron chi connectivity index (χ4n) is 0.663. The van der Waals surface area contributed by atoms with E-state index in [9.17, 15) is 0 Å². The average molecular weight is 297 g/mol. The molecule has 0 heterocycles. The molecule has 0 amide bonds. The fourth-order valence-corrected chi connectivity index (χ4v) is 0.663. The number of nitrogens with two attached hydrogens (primary N) is 2. The van der Waals surface area contributed by atoms with Gasteiger partial charge in [-0.3, -0.25) is 5.41 Å². The summed E-state index contributed by atoms with van der Waals surface area (Å²) in [4.78, 5) is 0. The van der Waals surface area contributed by atoms with Gasteiger partial charge in [0.05, 0.1) is 0 Å². The van der Waals surface area contributed by atoms with Gasteiger partial charge in [0.1, 0.15) is 5.84 Å². The van der Waals surface area contributed by atoms with Crippen molar-refractivity contribution in [3.05, 3.63) is 29.8 Å². The minimum atomic E-state index is 0. The first kappa shape index (κ1) is 14.0. The van der Waals surface area contributed by atoms with Crippen LogP contribution in [0.2, 0.25) is 0 Å². The molecule has 5 heteroatoms. The van der Waals surface area contributed by atoms with Crippen LogP contribution < -0.4 is 11.5 Å². The Kier molecular flexibility index (Phi) is 7.02. The Bertz CT molecular complexity index is 245. The second-order valence-electron chi connectivity index (χ2n) is 2.04. The third-order valence-electron chi connectivity index (χ3n) is 1.22. The van der Waals surface area contributed by atoms with Crippen LogP contribution in [0.25, 0.3) is 0 Å². The molecular weight excluding hydrogens is 286 g/mol. The Morgan fingerprint density at radius 2 is 1.50 bits per heavy atom. The van der Waals surface area contributed by atoms with Crippen molar-refractivity contribution in [2.75, 3.05) is 5.73 Å². The number of hydrogen-bond donors (Lipinski definition) is 3. The summed E-state index contributed by atoms with van der Waals surface area (Å²) in [6.45, 7) is 0. The van der Waals surface area contributed by atoms with Gasteiger partial charge in [-0.15, -0.1) is 34.0 Å². The molecule has 0 aromatic heterocycles. The van der Waals surface area contributed by atoms with Gasteiger partial charge in [-0.1, -0.05) is 0 Å². The Morgan fingerprint density at radius 3 is 1.83 bits per heavy atom. The van der Waals surface area contributed by atoms with Crippen LogP contribution in [-0.4, -0.2) is 5.84 Å². The zero-order valence-corrected chi connectivity index (χ0v) is 9.71. The number of hydrogen-bond acceptors (Lipinski definition) is 2. The maximum Gasteiger partial charge on any atom is 0.122 e. The molecule has 1 rings (SSSR count). The molecule has 0 aliphatic heterocycles. The summed E-state index contributed by atoms with van der Waals surface area (Å²) in [5.74, 6) is 0.0694. The number of halogens is 2. The van der Waals surface area contributed by atoms with E-state index in [0.29, 0.717) is 11.3 Å². The van der Waals surface area contributed by atoms with Crippen molar-refractivity contribution in [3.63, 3.8) is 0 Å². The molecule has 0 saturated carbocycles. The van der Waals surface area contributed by atoms with E-state index in [4.69, 9.17) is 16.9 Å². The van der Waals surface area contributed by atoms with Crippen molar-refractivity contribution in [2.45, 2.75) is 0 Å². The quantitative estimate of drug-likeness (QED) is 0.419. The Hall–Kier alpha value is -0.550. The van der Waals surface area contributed by atoms with Crippen molar-refractivity contribution < 1.29 is 0 Å². The van der Waals surface area contributed by atoms with E-state index < -0.39 is 0 Å². The van der Waals surface area contributed by atoms with Gasteiger partial charge in [-0.2, -0.15) is 0 Å². The van der Waals surface area contributed by atoms with E-state index >= 15 is 0 Å². The molecule has 3 nitrogen and oxygen atoms in total. The molecule has 0 saturated heterocycles. The van der Waals surface area contributed by atoms with E-state index in [1.807, 2.05) is 0 Å². The highest BCUT2D eigenvalue weighted by atomic mass is 79.9. The molecule has 1 aromatic rings. The summed E-state index contributed by atoms with van der Waals surface area (Å²) in [7, 11) is 0. The Labute approximate surface area is 92.2 Å². The van der Waals surface area contributed by atoms with Gasteiger partial charge in [-0.25, -0.2) is 0 Å². The van der Waals surface area contributed by atoms with E-state index in [1.165, 1.54) is 0 Å². The highest BCUT2D eigenvalue weighted by Crippen LogP contribution is 2.03. The Morgan fingerprint density at radius 1 is 1.08 bits per heavy atom. The van der Waals surface area contributed by atoms with Gasteiger partial charge >= 0.3 is 0 Å². The standard InChI is InChI=1S/C7H9N3.2BrH/c8-6-3-1-5(2-4-6)7(9)10;;/h1-4H,8H2,(H3,9,10);2*1H. The first-order valence-electron chi connectivity index (χ1n) is 2.90. The first-order valence-corrected chi connectivity index (χ1v) is 2.90. The third kappa shape index (κ3) is 3.73. The number of amidine groups is 1. The lowest BCUT2D eigenvalue weighted by atomic mass is 10.2. The summed E-state index contributed by atoms with van der Waals surface area (Å²) in [5.41, 5.74) is 12.0. The van der Waals surface area contributed by atoms with Gasteiger partial charge in [0.2, 0.25) is 0 Å². The van der Waals surface area contributed by atoms with Gasteiger partial charge in [-0.05, 0) is 24.3 Å². The first-order chi connectivity index (χ1) is 4.70. The van der Waals surface area contributed by atoms with Crippen LogP contribution in [0.5, 0.6) is 0 Å². The van der Waals surface area contributed by atoms with Gasteiger partial charge in [0.15, 0.2) is 0 Å². The van der Waals surface area contributed by atoms with Crippen LogP contribution in [0.4, 0.5) is 5.69 Å². The lowest BCUT2D eigenvalue weighted by Gasteiger charge is -1.96. The number of anilines is 1. The molecule has 0 radical (unpaired) electrons. The smallest absolute Gasteiger partial charge is 0.122 e. The van der Waals surface area contributed by atoms with Crippen molar-refractivity contribution in [1.82, 2.24) is 0 Å². The van der Waals surface area contributed by atoms with Crippen molar-refractivity contribution in [1.29, 1.82) is 5.41 Å². The molecule has 0 spiro atoms. The van der Waals surface area contributed by atoms with Gasteiger partial charge in [0.25, 0.3) is 0 Å². The topological polar surface area (TPSA) is 75.9 Å². The number of rotatable bonds is 1. The van der Waals surface area contributed by atoms with Crippen LogP contribution in [0, 0.1) is 5.41 Å². The second kappa shape index (κ2) is 6.02. The third-order valence-corrected chi connectivity index (χ3v) is 1.22. The lowest BCUT2D eigenvalue weighted by molar-refractivity contribution is 1.42. The number of nitrogen functional groups attached to an aromatic ring is 2. The maximum atomic E-state index is 7.04. The summed E-state index contributed by atoms with van der Waals surface area (Å²) in [6.07, 6.45) is 0. The highest BCUT2D eigenvalue weighted by molar-refractivity contribution is 8.93. The molecule has 12 heavy (non-hydrogen) atoms. The van der Waals surface area contributed by atoms with Crippen LogP contribution >= 0.6 is 34.0 Å². The van der Waals surface area contributed by atoms with Gasteiger partial charge in [0, 0.05) is 11.3 Å². The van der Waals surface area contributed by atoms with Crippen molar-refractivity contribution in [3.8, 4) is 0 Å². The molecule has 68 valence electrons. The zero-order chi connectivity index (χ0) is 7.56. The van der Waals surface area contributed by atoms with Crippen LogP contribution in [-0.2, 0) is 0 Å².